The van der Waals surface area contributed by atoms with Gasteiger partial charge in [0.05, 0.1) is 5.41 Å². The normalized spacial score (nSPS) is 24.6. The highest BCUT2D eigenvalue weighted by Gasteiger charge is 2.37. The van der Waals surface area contributed by atoms with Gasteiger partial charge in [0.15, 0.2) is 0 Å². The molecule has 0 bridgehead atoms. The van der Waals surface area contributed by atoms with E-state index in [4.69, 9.17) is 5.11 Å². The molecule has 1 aliphatic heterocycles. The highest BCUT2D eigenvalue weighted by atomic mass is 16.4. The van der Waals surface area contributed by atoms with E-state index in [0.29, 0.717) is 5.41 Å². The summed E-state index contributed by atoms with van der Waals surface area (Å²) in [5.41, 5.74) is 0.0846. The van der Waals surface area contributed by atoms with E-state index in [1.54, 1.807) is 0 Å². The predicted molar refractivity (Wildman–Crippen MR) is 72.6 cm³/mol. The van der Waals surface area contributed by atoms with Gasteiger partial charge in [-0.2, -0.15) is 0 Å². The molecule has 3 nitrogen and oxygen atoms in total. The Morgan fingerprint density at radius 3 is 2.22 bits per heavy atom. The molecule has 0 amide bonds. The van der Waals surface area contributed by atoms with Gasteiger partial charge in [0.2, 0.25) is 0 Å². The summed E-state index contributed by atoms with van der Waals surface area (Å²) in [5.74, 6) is -0.674. The number of carbonyl (C=O) groups is 1. The van der Waals surface area contributed by atoms with Gasteiger partial charge in [-0.25, -0.2) is 0 Å². The van der Waals surface area contributed by atoms with Crippen molar-refractivity contribution < 1.29 is 9.90 Å². The van der Waals surface area contributed by atoms with Crippen LogP contribution in [0.5, 0.6) is 0 Å². The first-order valence-electron chi connectivity index (χ1n) is 7.39. The molecule has 3 heteroatoms. The molecule has 2 rings (SSSR count). The van der Waals surface area contributed by atoms with Crippen LogP contribution in [0.4, 0.5) is 0 Å². The molecule has 0 aromatic rings. The summed E-state index contributed by atoms with van der Waals surface area (Å²) < 4.78 is 0. The molecule has 1 saturated carbocycles. The molecule has 0 atom stereocenters. The zero-order valence-electron chi connectivity index (χ0n) is 11.9. The Kier molecular flexibility index (Phi) is 4.00. The molecular formula is C15H27NO2. The summed E-state index contributed by atoms with van der Waals surface area (Å²) in [5, 5.41) is 9.12. The standard InChI is InChI=1S/C15H27NO2/c1-14(2,13(17)18)7-10-16-11-8-15(9-12-16)5-3-4-6-15/h3-12H2,1-2H3,(H,17,18). The van der Waals surface area contributed by atoms with E-state index in [1.165, 1.54) is 51.6 Å². The summed E-state index contributed by atoms with van der Waals surface area (Å²) >= 11 is 0. The number of nitrogens with zero attached hydrogens (tertiary/aromatic N) is 1. The zero-order valence-corrected chi connectivity index (χ0v) is 11.9. The van der Waals surface area contributed by atoms with Gasteiger partial charge in [0.1, 0.15) is 0 Å². The van der Waals surface area contributed by atoms with E-state index in [0.717, 1.165) is 13.0 Å². The van der Waals surface area contributed by atoms with Crippen LogP contribution in [0.2, 0.25) is 0 Å². The fourth-order valence-electron chi connectivity index (χ4n) is 3.42. The number of carboxylic acids is 1. The third kappa shape index (κ3) is 3.05. The molecule has 0 aromatic heterocycles. The van der Waals surface area contributed by atoms with E-state index in [1.807, 2.05) is 13.8 Å². The number of piperidine rings is 1. The van der Waals surface area contributed by atoms with Crippen LogP contribution in [0.1, 0.15) is 58.8 Å². The van der Waals surface area contributed by atoms with Crippen LogP contribution in [-0.4, -0.2) is 35.6 Å². The summed E-state index contributed by atoms with van der Waals surface area (Å²) in [4.78, 5) is 13.5. The molecule has 0 radical (unpaired) electrons. The molecule has 2 aliphatic rings. The predicted octanol–water partition coefficient (Wildman–Crippen LogP) is 3.14. The van der Waals surface area contributed by atoms with Crippen LogP contribution in [0.3, 0.4) is 0 Å². The maximum absolute atomic E-state index is 11.1. The monoisotopic (exact) mass is 253 g/mol. The lowest BCUT2D eigenvalue weighted by atomic mass is 9.77. The minimum atomic E-state index is -0.674. The van der Waals surface area contributed by atoms with Gasteiger partial charge < -0.3 is 10.0 Å². The van der Waals surface area contributed by atoms with Crippen LogP contribution >= 0.6 is 0 Å². The van der Waals surface area contributed by atoms with Gasteiger partial charge >= 0.3 is 5.97 Å². The van der Waals surface area contributed by atoms with E-state index in [-0.39, 0.29) is 0 Å². The number of hydrogen-bond donors (Lipinski definition) is 1. The Morgan fingerprint density at radius 2 is 1.72 bits per heavy atom. The lowest BCUT2D eigenvalue weighted by molar-refractivity contribution is -0.147. The number of carboxylic acid groups (broad SMARTS) is 1. The molecule has 1 spiro atoms. The van der Waals surface area contributed by atoms with Crippen LogP contribution < -0.4 is 0 Å². The molecule has 1 aliphatic carbocycles. The van der Waals surface area contributed by atoms with Crippen LogP contribution in [-0.2, 0) is 4.79 Å². The van der Waals surface area contributed by atoms with E-state index in [9.17, 15) is 4.79 Å². The molecular weight excluding hydrogens is 226 g/mol. The number of rotatable bonds is 4. The Labute approximate surface area is 111 Å². The highest BCUT2D eigenvalue weighted by Crippen LogP contribution is 2.46. The minimum absolute atomic E-state index is 0.581. The molecule has 2 fully saturated rings. The van der Waals surface area contributed by atoms with Crippen LogP contribution in [0.15, 0.2) is 0 Å². The lowest BCUT2D eigenvalue weighted by Gasteiger charge is -2.40. The fraction of sp³-hybridized carbons (Fsp3) is 0.933. The van der Waals surface area contributed by atoms with E-state index >= 15 is 0 Å². The number of likely N-dealkylation sites (tertiary alicyclic amines) is 1. The second kappa shape index (κ2) is 5.20. The van der Waals surface area contributed by atoms with Crippen LogP contribution in [0.25, 0.3) is 0 Å². The van der Waals surface area contributed by atoms with Crippen molar-refractivity contribution in [3.05, 3.63) is 0 Å². The molecule has 18 heavy (non-hydrogen) atoms. The Hall–Kier alpha value is -0.570. The molecule has 1 heterocycles. The Balaban J connectivity index is 1.75. The van der Waals surface area contributed by atoms with Gasteiger partial charge in [0.25, 0.3) is 0 Å². The lowest BCUT2D eigenvalue weighted by Crippen LogP contribution is -2.41. The third-order valence-electron chi connectivity index (χ3n) is 5.21. The summed E-state index contributed by atoms with van der Waals surface area (Å²) in [6.45, 7) is 6.95. The molecule has 0 unspecified atom stereocenters. The highest BCUT2D eigenvalue weighted by molar-refractivity contribution is 5.73. The van der Waals surface area contributed by atoms with Gasteiger partial charge in [-0.15, -0.1) is 0 Å². The van der Waals surface area contributed by atoms with Gasteiger partial charge in [0, 0.05) is 0 Å². The molecule has 1 saturated heterocycles. The quantitative estimate of drug-likeness (QED) is 0.836. The second-order valence-electron chi connectivity index (χ2n) is 6.99. The van der Waals surface area contributed by atoms with Gasteiger partial charge in [-0.1, -0.05) is 12.8 Å². The zero-order chi connectivity index (χ0) is 13.2. The summed E-state index contributed by atoms with van der Waals surface area (Å²) in [6, 6.07) is 0. The first kappa shape index (κ1) is 13.9. The largest absolute Gasteiger partial charge is 0.481 e. The number of aliphatic carboxylic acids is 1. The maximum atomic E-state index is 11.1. The topological polar surface area (TPSA) is 40.5 Å². The third-order valence-corrected chi connectivity index (χ3v) is 5.21. The Bertz CT molecular complexity index is 296. The van der Waals surface area contributed by atoms with Crippen molar-refractivity contribution in [1.29, 1.82) is 0 Å². The van der Waals surface area contributed by atoms with Gasteiger partial charge in [-0.05, 0) is 71.0 Å². The molecule has 104 valence electrons. The SMILES string of the molecule is CC(C)(CCN1CCC2(CCCC2)CC1)C(=O)O. The minimum Gasteiger partial charge on any atom is -0.481 e. The maximum Gasteiger partial charge on any atom is 0.309 e. The van der Waals surface area contributed by atoms with Gasteiger partial charge in [-0.3, -0.25) is 4.79 Å². The first-order chi connectivity index (χ1) is 8.44. The molecule has 0 aromatic carbocycles. The van der Waals surface area contributed by atoms with Crippen molar-refractivity contribution in [2.24, 2.45) is 10.8 Å². The van der Waals surface area contributed by atoms with Crippen molar-refractivity contribution in [2.45, 2.75) is 58.8 Å². The fourth-order valence-corrected chi connectivity index (χ4v) is 3.42. The van der Waals surface area contributed by atoms with Crippen LogP contribution in [0, 0.1) is 10.8 Å². The average molecular weight is 253 g/mol. The number of hydrogen-bond acceptors (Lipinski definition) is 2. The van der Waals surface area contributed by atoms with Crippen molar-refractivity contribution in [1.82, 2.24) is 4.90 Å². The van der Waals surface area contributed by atoms with E-state index < -0.39 is 11.4 Å². The van der Waals surface area contributed by atoms with E-state index in [2.05, 4.69) is 4.90 Å². The summed E-state index contributed by atoms with van der Waals surface area (Å²) in [7, 11) is 0. The Morgan fingerprint density at radius 1 is 1.17 bits per heavy atom. The van der Waals surface area contributed by atoms with Crippen molar-refractivity contribution in [3.8, 4) is 0 Å². The summed E-state index contributed by atoms with van der Waals surface area (Å²) in [6.07, 6.45) is 9.14. The average Bonchev–Trinajstić information content (AvgIpc) is 2.77. The second-order valence-corrected chi connectivity index (χ2v) is 6.99. The first-order valence-corrected chi connectivity index (χ1v) is 7.39. The smallest absolute Gasteiger partial charge is 0.309 e. The molecule has 1 N–H and O–H groups in total. The van der Waals surface area contributed by atoms with Crippen molar-refractivity contribution >= 4 is 5.97 Å². The van der Waals surface area contributed by atoms with Crippen molar-refractivity contribution in [2.75, 3.05) is 19.6 Å². The van der Waals surface area contributed by atoms with Crippen molar-refractivity contribution in [3.63, 3.8) is 0 Å².